The number of nitrogens with zero attached hydrogens (tertiary/aromatic N) is 4. The second-order valence-electron chi connectivity index (χ2n) is 13.8. The van der Waals surface area contributed by atoms with Gasteiger partial charge in [0.05, 0.1) is 29.8 Å². The largest absolute Gasteiger partial charge is 0.411 e. The van der Waals surface area contributed by atoms with Gasteiger partial charge in [0.15, 0.2) is 0 Å². The summed E-state index contributed by atoms with van der Waals surface area (Å²) in [6.07, 6.45) is -0.00464. The second kappa shape index (κ2) is 18.2. The first-order valence-electron chi connectivity index (χ1n) is 17.4. The van der Waals surface area contributed by atoms with E-state index in [-0.39, 0.29) is 43.4 Å². The number of benzene rings is 3. The number of hydrogen-bond donors (Lipinski definition) is 4. The molecule has 52 heavy (non-hydrogen) atoms. The Bertz CT molecular complexity index is 1800. The van der Waals surface area contributed by atoms with E-state index in [9.17, 15) is 27.9 Å². The number of urea groups is 1. The number of carbonyl (C=O) groups excluding carboxylic acids is 3. The molecule has 0 saturated carbocycles. The van der Waals surface area contributed by atoms with Gasteiger partial charge in [0.1, 0.15) is 12.6 Å². The van der Waals surface area contributed by atoms with Crippen LogP contribution in [0.3, 0.4) is 0 Å². The number of oxime groups is 1. The molecule has 0 spiro atoms. The number of carbonyl (C=O) groups is 3. The van der Waals surface area contributed by atoms with Gasteiger partial charge in [-0.25, -0.2) is 13.2 Å². The van der Waals surface area contributed by atoms with Crippen molar-refractivity contribution in [1.29, 1.82) is 0 Å². The molecule has 0 bridgehead atoms. The van der Waals surface area contributed by atoms with Gasteiger partial charge >= 0.3 is 6.03 Å². The van der Waals surface area contributed by atoms with E-state index in [4.69, 9.17) is 5.21 Å². The Hall–Kier alpha value is -4.63. The van der Waals surface area contributed by atoms with Crippen LogP contribution in [0.25, 0.3) is 0 Å². The first kappa shape index (κ1) is 40.1. The highest BCUT2D eigenvalue weighted by atomic mass is 32.2. The zero-order chi connectivity index (χ0) is 38.0. The third-order valence-corrected chi connectivity index (χ3v) is 10.7. The van der Waals surface area contributed by atoms with Gasteiger partial charge in [0.25, 0.3) is 5.91 Å². The maximum Gasteiger partial charge on any atom is 0.328 e. The molecule has 3 aromatic rings. The van der Waals surface area contributed by atoms with Crippen LogP contribution in [0.15, 0.2) is 88.9 Å². The van der Waals surface area contributed by atoms with Crippen molar-refractivity contribution in [3.05, 3.63) is 101 Å². The van der Waals surface area contributed by atoms with Crippen molar-refractivity contribution >= 4 is 34.1 Å². The molecule has 280 valence electrons. The second-order valence-corrected chi connectivity index (χ2v) is 15.8. The summed E-state index contributed by atoms with van der Waals surface area (Å²) in [5.41, 5.74) is 3.08. The molecule has 14 heteroatoms. The van der Waals surface area contributed by atoms with E-state index in [1.807, 2.05) is 75.5 Å². The van der Waals surface area contributed by atoms with Crippen molar-refractivity contribution in [2.24, 2.45) is 17.0 Å². The van der Waals surface area contributed by atoms with Crippen molar-refractivity contribution in [1.82, 2.24) is 24.7 Å². The van der Waals surface area contributed by atoms with Crippen LogP contribution in [-0.2, 0) is 39.1 Å². The van der Waals surface area contributed by atoms with Gasteiger partial charge in [0.2, 0.25) is 15.9 Å². The van der Waals surface area contributed by atoms with Crippen LogP contribution in [-0.4, -0.2) is 102 Å². The molecule has 3 aromatic carbocycles. The maximum absolute atomic E-state index is 14.2. The number of aliphatic hydroxyl groups is 1. The Kier molecular flexibility index (Phi) is 14.1. The summed E-state index contributed by atoms with van der Waals surface area (Å²) < 4.78 is 29.0. The molecule has 4 rings (SSSR count). The number of imide groups is 1. The van der Waals surface area contributed by atoms with Gasteiger partial charge in [-0.05, 0) is 59.7 Å². The van der Waals surface area contributed by atoms with Crippen molar-refractivity contribution in [3.63, 3.8) is 0 Å². The minimum absolute atomic E-state index is 0.00511. The molecule has 4 N–H and O–H groups in total. The van der Waals surface area contributed by atoms with Crippen LogP contribution in [0, 0.1) is 11.8 Å². The van der Waals surface area contributed by atoms with Gasteiger partial charge in [-0.2, -0.15) is 4.31 Å². The van der Waals surface area contributed by atoms with Gasteiger partial charge in [-0.15, -0.1) is 0 Å². The highest BCUT2D eigenvalue weighted by molar-refractivity contribution is 7.89. The van der Waals surface area contributed by atoms with Crippen LogP contribution in [0.2, 0.25) is 0 Å². The Morgan fingerprint density at radius 3 is 2.21 bits per heavy atom. The molecule has 1 saturated heterocycles. The molecular formula is C38H50N6O7S. The molecule has 13 nitrogen and oxygen atoms in total. The van der Waals surface area contributed by atoms with Gasteiger partial charge < -0.3 is 25.8 Å². The molecule has 0 radical (unpaired) electrons. The van der Waals surface area contributed by atoms with Crippen molar-refractivity contribution in [3.8, 4) is 0 Å². The summed E-state index contributed by atoms with van der Waals surface area (Å²) in [6.45, 7) is 7.47. The van der Waals surface area contributed by atoms with Crippen molar-refractivity contribution < 1.29 is 33.1 Å². The van der Waals surface area contributed by atoms with Crippen LogP contribution < -0.4 is 10.6 Å². The summed E-state index contributed by atoms with van der Waals surface area (Å²) in [5.74, 6) is -1.48. The molecule has 1 fully saturated rings. The number of rotatable bonds is 18. The Morgan fingerprint density at radius 2 is 1.60 bits per heavy atom. The summed E-state index contributed by atoms with van der Waals surface area (Å²) in [4.78, 5) is 43.5. The summed E-state index contributed by atoms with van der Waals surface area (Å²) in [5, 5.41) is 29.6. The lowest BCUT2D eigenvalue weighted by Gasteiger charge is -2.34. The van der Waals surface area contributed by atoms with Crippen molar-refractivity contribution in [2.75, 3.05) is 26.7 Å². The molecule has 1 unspecified atom stereocenters. The number of aliphatic hydroxyl groups excluding tert-OH is 1. The fourth-order valence-corrected chi connectivity index (χ4v) is 7.96. The molecule has 1 aliphatic rings. The van der Waals surface area contributed by atoms with E-state index < -0.39 is 52.0 Å². The normalized spacial score (nSPS) is 15.6. The Balaban J connectivity index is 1.58. The van der Waals surface area contributed by atoms with E-state index in [0.717, 1.165) is 21.6 Å². The van der Waals surface area contributed by atoms with Gasteiger partial charge in [-0.3, -0.25) is 14.5 Å². The van der Waals surface area contributed by atoms with E-state index in [1.54, 1.807) is 13.8 Å². The number of nitrogens with one attached hydrogen (secondary N) is 2. The average Bonchev–Trinajstić information content (AvgIpc) is 3.36. The lowest BCUT2D eigenvalue weighted by molar-refractivity contribution is -0.129. The third-order valence-electron chi connectivity index (χ3n) is 8.81. The maximum atomic E-state index is 14.2. The van der Waals surface area contributed by atoms with E-state index in [1.165, 1.54) is 39.7 Å². The zero-order valence-corrected chi connectivity index (χ0v) is 31.2. The highest BCUT2D eigenvalue weighted by Gasteiger charge is 2.44. The number of hydrogen-bond acceptors (Lipinski definition) is 9. The highest BCUT2D eigenvalue weighted by Crippen LogP contribution is 2.24. The minimum atomic E-state index is -4.10. The average molecular weight is 735 g/mol. The van der Waals surface area contributed by atoms with Crippen LogP contribution >= 0.6 is 0 Å². The van der Waals surface area contributed by atoms with E-state index in [0.29, 0.717) is 12.1 Å². The van der Waals surface area contributed by atoms with Crippen LogP contribution in [0.1, 0.15) is 49.9 Å². The smallest absolute Gasteiger partial charge is 0.328 e. The van der Waals surface area contributed by atoms with Gasteiger partial charge in [0, 0.05) is 19.6 Å². The number of amides is 4. The molecule has 4 amide bonds. The topological polar surface area (TPSA) is 172 Å². The third kappa shape index (κ3) is 10.2. The first-order valence-corrected chi connectivity index (χ1v) is 18.8. The molecule has 0 aromatic heterocycles. The predicted octanol–water partition coefficient (Wildman–Crippen LogP) is 3.44. The molecule has 1 heterocycles. The Morgan fingerprint density at radius 1 is 0.942 bits per heavy atom. The van der Waals surface area contributed by atoms with Crippen molar-refractivity contribution in [2.45, 2.75) is 70.3 Å². The number of sulfonamides is 1. The van der Waals surface area contributed by atoms with E-state index in [2.05, 4.69) is 15.8 Å². The standard InChI is InChI=1S/C38H50N6O7S/c1-26(2)22-42(52(50,51)32-16-14-29(15-17-32)21-40-49)24-34(45)33(19-28-10-7-6-8-11-28)41-37(47)36(27(3)4)44-25-35(46)43(38(44)48)23-31-13-9-12-30(18-31)20-39-5/h6-18,21,26-27,33-34,36,39,45,49H,19-20,22-25H2,1-5H3,(H,41,47)/b40-21+/t33-,34+,36?/m0/s1. The summed E-state index contributed by atoms with van der Waals surface area (Å²) in [6, 6.07) is 20.0. The monoisotopic (exact) mass is 734 g/mol. The fraction of sp³-hybridized carbons (Fsp3) is 0.421. The lowest BCUT2D eigenvalue weighted by atomic mass is 9.97. The van der Waals surface area contributed by atoms with E-state index >= 15 is 0 Å². The predicted molar refractivity (Wildman–Crippen MR) is 198 cm³/mol. The summed E-state index contributed by atoms with van der Waals surface area (Å²) >= 11 is 0. The Labute approximate surface area is 306 Å². The minimum Gasteiger partial charge on any atom is -0.411 e. The summed E-state index contributed by atoms with van der Waals surface area (Å²) in [7, 11) is -2.27. The quantitative estimate of drug-likeness (QED) is 0.0667. The molecule has 0 aliphatic carbocycles. The zero-order valence-electron chi connectivity index (χ0n) is 30.3. The van der Waals surface area contributed by atoms with Gasteiger partial charge in [-0.1, -0.05) is 99.6 Å². The van der Waals surface area contributed by atoms with Crippen LogP contribution in [0.4, 0.5) is 4.79 Å². The first-order chi connectivity index (χ1) is 24.7. The molecule has 3 atom stereocenters. The molecular weight excluding hydrogens is 685 g/mol. The fourth-order valence-electron chi connectivity index (χ4n) is 6.34. The molecule has 1 aliphatic heterocycles. The lowest BCUT2D eigenvalue weighted by Crippen LogP contribution is -2.57. The van der Waals surface area contributed by atoms with Crippen LogP contribution in [0.5, 0.6) is 0 Å². The SMILES string of the molecule is CNCc1cccc(CN2C(=O)CN(C(C(=O)N[C@@H](Cc3ccccc3)[C@H](O)CN(CC(C)C)S(=O)(=O)c3ccc(/C=N/O)cc3)C(C)C)C2=O)c1.